The predicted octanol–water partition coefficient (Wildman–Crippen LogP) is 7.45. The van der Waals surface area contributed by atoms with Crippen LogP contribution in [0.1, 0.15) is 35.1 Å². The Labute approximate surface area is 246 Å². The summed E-state index contributed by atoms with van der Waals surface area (Å²) in [4.78, 5) is 23.4. The fraction of sp³-hybridized carbons (Fsp3) is 0.265. The summed E-state index contributed by atoms with van der Waals surface area (Å²) in [6.07, 6.45) is 6.17. The quantitative estimate of drug-likeness (QED) is 0.172. The van der Waals surface area contributed by atoms with Gasteiger partial charge in [0.05, 0.1) is 10.4 Å². The molecule has 6 rings (SSSR count). The average Bonchev–Trinajstić information content (AvgIpc) is 3.24. The van der Waals surface area contributed by atoms with Crippen molar-refractivity contribution in [2.75, 3.05) is 24.5 Å². The summed E-state index contributed by atoms with van der Waals surface area (Å²) in [6, 6.07) is 29.6. The molecule has 3 aromatic carbocycles. The fourth-order valence-corrected chi connectivity index (χ4v) is 6.98. The molecule has 0 spiro atoms. The normalized spacial score (nSPS) is 17.4. The molecule has 0 radical (unpaired) electrons. The summed E-state index contributed by atoms with van der Waals surface area (Å²) in [6.45, 7) is 4.60. The van der Waals surface area contributed by atoms with Gasteiger partial charge in [0.1, 0.15) is 10.1 Å². The molecule has 4 nitrogen and oxygen atoms in total. The molecule has 2 aliphatic heterocycles. The van der Waals surface area contributed by atoms with E-state index in [2.05, 4.69) is 78.6 Å². The lowest BCUT2D eigenvalue weighted by Gasteiger charge is -2.34. The maximum Gasteiger partial charge on any atom is 0.266 e. The van der Waals surface area contributed by atoms with E-state index in [-0.39, 0.29) is 5.91 Å². The molecular weight excluding hydrogens is 531 g/mol. The Morgan fingerprint density at radius 2 is 1.65 bits per heavy atom. The summed E-state index contributed by atoms with van der Waals surface area (Å²) in [5.74, 6) is 1.62. The number of carbonyl (C=O) groups is 1. The van der Waals surface area contributed by atoms with Crippen LogP contribution in [0.3, 0.4) is 0 Å². The highest BCUT2D eigenvalue weighted by molar-refractivity contribution is 8.26. The Morgan fingerprint density at radius 3 is 2.38 bits per heavy atom. The number of hydrogen-bond acceptors (Lipinski definition) is 5. The van der Waals surface area contributed by atoms with Crippen molar-refractivity contribution in [2.45, 2.75) is 32.6 Å². The molecular formula is C34H33N3OS2. The molecule has 0 unspecified atom stereocenters. The third kappa shape index (κ3) is 5.98. The van der Waals surface area contributed by atoms with Gasteiger partial charge in [0.25, 0.3) is 5.91 Å². The number of hydrogen-bond donors (Lipinski definition) is 0. The summed E-state index contributed by atoms with van der Waals surface area (Å²) >= 11 is 7.05. The van der Waals surface area contributed by atoms with Crippen LogP contribution in [-0.2, 0) is 17.6 Å². The highest BCUT2D eigenvalue weighted by atomic mass is 32.2. The van der Waals surface area contributed by atoms with E-state index in [0.717, 1.165) is 61.1 Å². The topological polar surface area (TPSA) is 36.4 Å². The SMILES string of the molecule is Cc1ccc2nc(N3CCC(Cc4ccccc4)CC3)c(/C=C3\SC(=S)N(CCc4ccccc4)C3=O)cc2c1. The smallest absolute Gasteiger partial charge is 0.266 e. The number of carbonyl (C=O) groups excluding carboxylic acids is 1. The number of fused-ring (bicyclic) bond motifs is 1. The molecule has 0 saturated carbocycles. The number of benzene rings is 3. The Bertz CT molecular complexity index is 1560. The molecule has 0 atom stereocenters. The van der Waals surface area contributed by atoms with Crippen molar-refractivity contribution in [3.8, 4) is 0 Å². The zero-order valence-corrected chi connectivity index (χ0v) is 24.4. The molecule has 0 bridgehead atoms. The fourth-order valence-electron chi connectivity index (χ4n) is 5.68. The van der Waals surface area contributed by atoms with E-state index in [0.29, 0.717) is 21.7 Å². The van der Waals surface area contributed by atoms with Crippen LogP contribution in [-0.4, -0.2) is 39.7 Å². The van der Waals surface area contributed by atoms with E-state index in [1.807, 2.05) is 24.3 Å². The van der Waals surface area contributed by atoms with E-state index in [9.17, 15) is 4.79 Å². The van der Waals surface area contributed by atoms with Gasteiger partial charge in [-0.3, -0.25) is 9.69 Å². The lowest BCUT2D eigenvalue weighted by atomic mass is 9.90. The van der Waals surface area contributed by atoms with Crippen molar-refractivity contribution in [3.63, 3.8) is 0 Å². The van der Waals surface area contributed by atoms with Crippen LogP contribution < -0.4 is 4.90 Å². The first-order valence-corrected chi connectivity index (χ1v) is 15.3. The van der Waals surface area contributed by atoms with Crippen molar-refractivity contribution in [1.82, 2.24) is 9.88 Å². The highest BCUT2D eigenvalue weighted by Crippen LogP contribution is 2.36. The van der Waals surface area contributed by atoms with Crippen molar-refractivity contribution in [2.24, 2.45) is 5.92 Å². The summed E-state index contributed by atoms with van der Waals surface area (Å²) in [5.41, 5.74) is 5.78. The first-order chi connectivity index (χ1) is 19.5. The van der Waals surface area contributed by atoms with Crippen molar-refractivity contribution >= 4 is 57.0 Å². The van der Waals surface area contributed by atoms with Crippen LogP contribution in [0, 0.1) is 12.8 Å². The lowest BCUT2D eigenvalue weighted by Crippen LogP contribution is -2.35. The Hall–Kier alpha value is -3.48. The summed E-state index contributed by atoms with van der Waals surface area (Å²) < 4.78 is 0.625. The number of pyridine rings is 1. The van der Waals surface area contributed by atoms with Crippen molar-refractivity contribution < 1.29 is 4.79 Å². The first kappa shape index (κ1) is 26.7. The molecule has 1 amide bonds. The molecule has 40 heavy (non-hydrogen) atoms. The third-order valence-corrected chi connectivity index (χ3v) is 9.26. The number of nitrogens with zero attached hydrogens (tertiary/aromatic N) is 3. The Balaban J connectivity index is 1.25. The number of rotatable bonds is 7. The second-order valence-corrected chi connectivity index (χ2v) is 12.5. The van der Waals surface area contributed by atoms with Crippen LogP contribution in [0.2, 0.25) is 0 Å². The molecule has 0 aliphatic carbocycles. The van der Waals surface area contributed by atoms with Gasteiger partial charge in [-0.15, -0.1) is 0 Å². The van der Waals surface area contributed by atoms with E-state index < -0.39 is 0 Å². The van der Waals surface area contributed by atoms with Gasteiger partial charge in [-0.1, -0.05) is 96.3 Å². The molecule has 202 valence electrons. The minimum absolute atomic E-state index is 0.0113. The van der Waals surface area contributed by atoms with Gasteiger partial charge in [-0.25, -0.2) is 4.98 Å². The van der Waals surface area contributed by atoms with Gasteiger partial charge in [0.2, 0.25) is 0 Å². The van der Waals surface area contributed by atoms with Crippen LogP contribution >= 0.6 is 24.0 Å². The Kier molecular flexibility index (Phi) is 7.98. The Morgan fingerprint density at radius 1 is 0.950 bits per heavy atom. The summed E-state index contributed by atoms with van der Waals surface area (Å²) in [5, 5.41) is 1.09. The molecule has 1 aromatic heterocycles. The van der Waals surface area contributed by atoms with Gasteiger partial charge in [0, 0.05) is 30.6 Å². The van der Waals surface area contributed by atoms with E-state index in [1.54, 1.807) is 4.90 Å². The van der Waals surface area contributed by atoms with Gasteiger partial charge in [-0.2, -0.15) is 0 Å². The third-order valence-electron chi connectivity index (χ3n) is 7.89. The number of amides is 1. The zero-order chi connectivity index (χ0) is 27.5. The lowest BCUT2D eigenvalue weighted by molar-refractivity contribution is -0.122. The number of aromatic nitrogens is 1. The van der Waals surface area contributed by atoms with E-state index in [4.69, 9.17) is 17.2 Å². The van der Waals surface area contributed by atoms with Crippen LogP contribution in [0.25, 0.3) is 17.0 Å². The van der Waals surface area contributed by atoms with E-state index >= 15 is 0 Å². The number of thioether (sulfide) groups is 1. The number of aryl methyl sites for hydroxylation is 1. The maximum atomic E-state index is 13.5. The second-order valence-electron chi connectivity index (χ2n) is 10.8. The second kappa shape index (κ2) is 11.9. The van der Waals surface area contributed by atoms with Gasteiger partial charge in [-0.05, 0) is 73.9 Å². The number of piperidine rings is 1. The van der Waals surface area contributed by atoms with Gasteiger partial charge < -0.3 is 4.90 Å². The maximum absolute atomic E-state index is 13.5. The van der Waals surface area contributed by atoms with Crippen LogP contribution in [0.15, 0.2) is 89.8 Å². The molecule has 2 saturated heterocycles. The van der Waals surface area contributed by atoms with E-state index in [1.165, 1.54) is 28.5 Å². The molecule has 6 heteroatoms. The van der Waals surface area contributed by atoms with Crippen molar-refractivity contribution in [1.29, 1.82) is 0 Å². The van der Waals surface area contributed by atoms with Gasteiger partial charge in [0.15, 0.2) is 0 Å². The molecule has 2 fully saturated rings. The molecule has 2 aliphatic rings. The zero-order valence-electron chi connectivity index (χ0n) is 22.8. The standard InChI is InChI=1S/C34H33N3OS2/c1-24-12-13-30-28(20-24)22-29(23-31-33(38)37(34(39)40-31)19-16-25-8-4-2-5-9-25)32(35-30)36-17-14-27(15-18-36)21-26-10-6-3-7-11-26/h2-13,20,22-23,27H,14-19,21H2,1H3/b31-23-. The monoisotopic (exact) mass is 563 g/mol. The molecule has 0 N–H and O–H groups in total. The minimum atomic E-state index is -0.0113. The number of thiocarbonyl (C=S) groups is 1. The minimum Gasteiger partial charge on any atom is -0.356 e. The first-order valence-electron chi connectivity index (χ1n) is 14.0. The average molecular weight is 564 g/mol. The number of anilines is 1. The largest absolute Gasteiger partial charge is 0.356 e. The summed E-state index contributed by atoms with van der Waals surface area (Å²) in [7, 11) is 0. The van der Waals surface area contributed by atoms with Crippen LogP contribution in [0.5, 0.6) is 0 Å². The molecule has 3 heterocycles. The van der Waals surface area contributed by atoms with Crippen LogP contribution in [0.4, 0.5) is 5.82 Å². The van der Waals surface area contributed by atoms with Gasteiger partial charge >= 0.3 is 0 Å². The predicted molar refractivity (Wildman–Crippen MR) is 172 cm³/mol. The molecule has 4 aromatic rings. The highest BCUT2D eigenvalue weighted by Gasteiger charge is 2.32. The van der Waals surface area contributed by atoms with Crippen molar-refractivity contribution in [3.05, 3.63) is 112 Å².